The first-order valence-corrected chi connectivity index (χ1v) is 10.0. The number of nitrogens with zero attached hydrogens (tertiary/aromatic N) is 2. The summed E-state index contributed by atoms with van der Waals surface area (Å²) in [6, 6.07) is 12.8. The Hall–Kier alpha value is -3.19. The van der Waals surface area contributed by atoms with Crippen LogP contribution in [0.25, 0.3) is 10.8 Å². The van der Waals surface area contributed by atoms with E-state index in [2.05, 4.69) is 10.3 Å². The normalized spacial score (nSPS) is 16.8. The maximum Gasteiger partial charge on any atom is 0.222 e. The zero-order valence-corrected chi connectivity index (χ0v) is 16.9. The average molecular weight is 408 g/mol. The number of hydrogen-bond acceptors (Lipinski definition) is 5. The molecule has 2 heterocycles. The number of nitrogens with one attached hydrogen (secondary N) is 1. The van der Waals surface area contributed by atoms with Crippen molar-refractivity contribution in [2.75, 3.05) is 24.6 Å². The first-order chi connectivity index (χ1) is 14.5. The Morgan fingerprint density at radius 2 is 2.13 bits per heavy atom. The molecule has 0 bridgehead atoms. The van der Waals surface area contributed by atoms with E-state index in [1.54, 1.807) is 24.2 Å². The molecular weight excluding hydrogens is 383 g/mol. The number of amides is 1. The van der Waals surface area contributed by atoms with Gasteiger partial charge in [-0.3, -0.25) is 4.79 Å². The Labute approximate surface area is 174 Å². The standard InChI is InChI=1S/C23H25FN4O2/c1-28-13-17(7-8-22(28)29)30-14-15-5-6-16(20(24)11-15)12-27-21-4-2-3-19-18(21)9-10-26-23(19)25/h2-6,9-11,17,27H,7-8,12-14H2,1H3,(H2,25,26). The van der Waals surface area contributed by atoms with Crippen molar-refractivity contribution in [3.05, 3.63) is 65.6 Å². The molecule has 1 fully saturated rings. The third-order valence-electron chi connectivity index (χ3n) is 5.49. The number of likely N-dealkylation sites (tertiary alicyclic amines) is 1. The van der Waals surface area contributed by atoms with Crippen LogP contribution in [0.15, 0.2) is 48.7 Å². The lowest BCUT2D eigenvalue weighted by Crippen LogP contribution is -2.40. The molecule has 1 aromatic heterocycles. The lowest BCUT2D eigenvalue weighted by molar-refractivity contribution is -0.136. The Balaban J connectivity index is 1.38. The maximum absolute atomic E-state index is 14.6. The molecule has 4 rings (SSSR count). The Morgan fingerprint density at radius 3 is 2.93 bits per heavy atom. The molecule has 3 aromatic rings. The first-order valence-electron chi connectivity index (χ1n) is 10.0. The monoisotopic (exact) mass is 408 g/mol. The fourth-order valence-corrected chi connectivity index (χ4v) is 3.72. The van der Waals surface area contributed by atoms with Crippen LogP contribution in [-0.4, -0.2) is 35.5 Å². The second kappa shape index (κ2) is 8.67. The van der Waals surface area contributed by atoms with E-state index in [1.807, 2.05) is 30.3 Å². The van der Waals surface area contributed by atoms with Crippen LogP contribution in [0.2, 0.25) is 0 Å². The maximum atomic E-state index is 14.6. The number of halogens is 1. The summed E-state index contributed by atoms with van der Waals surface area (Å²) in [4.78, 5) is 17.3. The number of nitrogens with two attached hydrogens (primary N) is 1. The summed E-state index contributed by atoms with van der Waals surface area (Å²) >= 11 is 0. The van der Waals surface area contributed by atoms with Gasteiger partial charge in [0, 0.05) is 54.8 Å². The smallest absolute Gasteiger partial charge is 0.222 e. The van der Waals surface area contributed by atoms with Crippen molar-refractivity contribution in [1.82, 2.24) is 9.88 Å². The summed E-state index contributed by atoms with van der Waals surface area (Å²) in [7, 11) is 1.78. The fourth-order valence-electron chi connectivity index (χ4n) is 3.72. The second-order valence-corrected chi connectivity index (χ2v) is 7.62. The number of likely N-dealkylation sites (N-methyl/N-ethyl adjacent to an activating group) is 1. The van der Waals surface area contributed by atoms with Gasteiger partial charge < -0.3 is 20.7 Å². The molecule has 1 aliphatic heterocycles. The summed E-state index contributed by atoms with van der Waals surface area (Å²) in [6.07, 6.45) is 2.86. The lowest BCUT2D eigenvalue weighted by Gasteiger charge is -2.29. The molecule has 30 heavy (non-hydrogen) atoms. The Morgan fingerprint density at radius 1 is 1.27 bits per heavy atom. The quantitative estimate of drug-likeness (QED) is 0.650. The highest BCUT2D eigenvalue weighted by Crippen LogP contribution is 2.27. The minimum atomic E-state index is -0.277. The molecule has 0 aliphatic carbocycles. The molecule has 0 radical (unpaired) electrons. The average Bonchev–Trinajstić information content (AvgIpc) is 2.74. The van der Waals surface area contributed by atoms with Crippen molar-refractivity contribution in [2.45, 2.75) is 32.1 Å². The molecule has 1 atom stereocenters. The van der Waals surface area contributed by atoms with Gasteiger partial charge in [-0.1, -0.05) is 24.3 Å². The molecule has 3 N–H and O–H groups in total. The van der Waals surface area contributed by atoms with Crippen LogP contribution in [0.1, 0.15) is 24.0 Å². The number of aromatic nitrogens is 1. The van der Waals surface area contributed by atoms with E-state index in [0.29, 0.717) is 43.9 Å². The van der Waals surface area contributed by atoms with E-state index < -0.39 is 0 Å². The lowest BCUT2D eigenvalue weighted by atomic mass is 10.1. The molecule has 2 aromatic carbocycles. The molecule has 7 heteroatoms. The highest BCUT2D eigenvalue weighted by molar-refractivity contribution is 5.99. The molecule has 1 aliphatic rings. The molecule has 1 amide bonds. The van der Waals surface area contributed by atoms with Gasteiger partial charge in [0.2, 0.25) is 5.91 Å². The largest absolute Gasteiger partial charge is 0.383 e. The van der Waals surface area contributed by atoms with E-state index in [-0.39, 0.29) is 17.8 Å². The molecule has 1 unspecified atom stereocenters. The van der Waals surface area contributed by atoms with E-state index in [4.69, 9.17) is 10.5 Å². The zero-order valence-electron chi connectivity index (χ0n) is 16.9. The number of pyridine rings is 1. The molecule has 1 saturated heterocycles. The van der Waals surface area contributed by atoms with Gasteiger partial charge >= 0.3 is 0 Å². The van der Waals surface area contributed by atoms with Gasteiger partial charge in [0.25, 0.3) is 0 Å². The third-order valence-corrected chi connectivity index (χ3v) is 5.49. The molecular formula is C23H25FN4O2. The molecule has 0 saturated carbocycles. The number of anilines is 2. The fraction of sp³-hybridized carbons (Fsp3) is 0.304. The van der Waals surface area contributed by atoms with Crippen molar-refractivity contribution < 1.29 is 13.9 Å². The van der Waals surface area contributed by atoms with E-state index >= 15 is 0 Å². The van der Waals surface area contributed by atoms with Crippen molar-refractivity contribution in [3.63, 3.8) is 0 Å². The minimum Gasteiger partial charge on any atom is -0.383 e. The van der Waals surface area contributed by atoms with Gasteiger partial charge in [0.05, 0.1) is 12.7 Å². The van der Waals surface area contributed by atoms with Crippen LogP contribution in [0, 0.1) is 5.82 Å². The minimum absolute atomic E-state index is 0.00890. The molecule has 156 valence electrons. The number of carbonyl (C=O) groups excluding carboxylic acids is 1. The number of nitrogen functional groups attached to an aromatic ring is 1. The molecule has 0 spiro atoms. The first kappa shape index (κ1) is 20.1. The Bertz CT molecular complexity index is 1070. The SMILES string of the molecule is CN1CC(OCc2ccc(CNc3cccc4c(N)nccc34)c(F)c2)CCC1=O. The molecule has 6 nitrogen and oxygen atoms in total. The van der Waals surface area contributed by atoms with Crippen molar-refractivity contribution in [1.29, 1.82) is 0 Å². The number of fused-ring (bicyclic) bond motifs is 1. The second-order valence-electron chi connectivity index (χ2n) is 7.62. The number of benzene rings is 2. The van der Waals surface area contributed by atoms with Gasteiger partial charge in [-0.15, -0.1) is 0 Å². The van der Waals surface area contributed by atoms with Crippen LogP contribution in [0.5, 0.6) is 0 Å². The topological polar surface area (TPSA) is 80.5 Å². The summed E-state index contributed by atoms with van der Waals surface area (Å²) < 4.78 is 20.5. The third kappa shape index (κ3) is 4.36. The van der Waals surface area contributed by atoms with E-state index in [0.717, 1.165) is 22.0 Å². The summed E-state index contributed by atoms with van der Waals surface area (Å²) in [5.74, 6) is 0.337. The van der Waals surface area contributed by atoms with Crippen LogP contribution in [-0.2, 0) is 22.7 Å². The predicted octanol–water partition coefficient (Wildman–Crippen LogP) is 3.71. The summed E-state index contributed by atoms with van der Waals surface area (Å²) in [5, 5.41) is 5.11. The predicted molar refractivity (Wildman–Crippen MR) is 115 cm³/mol. The van der Waals surface area contributed by atoms with Gasteiger partial charge in [-0.05, 0) is 30.2 Å². The van der Waals surface area contributed by atoms with Gasteiger partial charge in [-0.25, -0.2) is 9.37 Å². The number of carbonyl (C=O) groups is 1. The number of hydrogen-bond donors (Lipinski definition) is 2. The van der Waals surface area contributed by atoms with Crippen molar-refractivity contribution in [2.24, 2.45) is 0 Å². The van der Waals surface area contributed by atoms with Gasteiger partial charge in [-0.2, -0.15) is 0 Å². The van der Waals surface area contributed by atoms with E-state index in [9.17, 15) is 9.18 Å². The summed E-state index contributed by atoms with van der Waals surface area (Å²) in [6.45, 7) is 1.26. The zero-order chi connectivity index (χ0) is 21.1. The van der Waals surface area contributed by atoms with Gasteiger partial charge in [0.1, 0.15) is 11.6 Å². The highest BCUT2D eigenvalue weighted by Gasteiger charge is 2.23. The van der Waals surface area contributed by atoms with E-state index in [1.165, 1.54) is 6.07 Å². The highest BCUT2D eigenvalue weighted by atomic mass is 19.1. The van der Waals surface area contributed by atoms with Crippen LogP contribution < -0.4 is 11.1 Å². The number of piperidine rings is 1. The van der Waals surface area contributed by atoms with Gasteiger partial charge in [0.15, 0.2) is 0 Å². The van der Waals surface area contributed by atoms with Crippen LogP contribution in [0.4, 0.5) is 15.9 Å². The summed E-state index contributed by atoms with van der Waals surface area (Å²) in [5.41, 5.74) is 8.17. The Kier molecular flexibility index (Phi) is 5.81. The number of ether oxygens (including phenoxy) is 1. The van der Waals surface area contributed by atoms with Crippen molar-refractivity contribution in [3.8, 4) is 0 Å². The van der Waals surface area contributed by atoms with Crippen LogP contribution >= 0.6 is 0 Å². The number of rotatable bonds is 6. The van der Waals surface area contributed by atoms with Crippen molar-refractivity contribution >= 4 is 28.2 Å². The van der Waals surface area contributed by atoms with Crippen LogP contribution in [0.3, 0.4) is 0 Å².